The molecule has 0 spiro atoms. The van der Waals surface area contributed by atoms with Crippen LogP contribution in [0.15, 0.2) is 47.4 Å². The molecule has 0 fully saturated rings. The van der Waals surface area contributed by atoms with Crippen LogP contribution in [0.5, 0.6) is 0 Å². The minimum atomic E-state index is -4.11. The molecular formula is C16H12F2N2O3S. The van der Waals surface area contributed by atoms with E-state index in [0.717, 1.165) is 12.1 Å². The number of nitrogens with one attached hydrogen (secondary N) is 2. The number of allylic oxidation sites excluding steroid dienone is 1. The van der Waals surface area contributed by atoms with Gasteiger partial charge in [0.15, 0.2) is 0 Å². The summed E-state index contributed by atoms with van der Waals surface area (Å²) >= 11 is 0. The van der Waals surface area contributed by atoms with E-state index in [2.05, 4.69) is 5.32 Å². The molecule has 1 aliphatic heterocycles. The van der Waals surface area contributed by atoms with Crippen LogP contribution >= 0.6 is 0 Å². The molecule has 2 amide bonds. The minimum absolute atomic E-state index is 0.0949. The third-order valence-corrected chi connectivity index (χ3v) is 4.97. The van der Waals surface area contributed by atoms with Gasteiger partial charge in [-0.2, -0.15) is 0 Å². The SMILES string of the molecule is C/C=C(/c1ccccc1F)c1c(F)ccc2c1NC(=O)NS2(=O)=O. The summed E-state index contributed by atoms with van der Waals surface area (Å²) in [4.78, 5) is 11.3. The van der Waals surface area contributed by atoms with Crippen molar-refractivity contribution in [2.24, 2.45) is 0 Å². The van der Waals surface area contributed by atoms with Crippen molar-refractivity contribution < 1.29 is 22.0 Å². The summed E-state index contributed by atoms with van der Waals surface area (Å²) in [7, 11) is -4.11. The van der Waals surface area contributed by atoms with Crippen molar-refractivity contribution in [3.05, 3.63) is 65.2 Å². The van der Waals surface area contributed by atoms with Crippen LogP contribution in [0.2, 0.25) is 0 Å². The summed E-state index contributed by atoms with van der Waals surface area (Å²) in [6.45, 7) is 1.57. The Kier molecular flexibility index (Phi) is 3.84. The lowest BCUT2D eigenvalue weighted by atomic mass is 9.95. The summed E-state index contributed by atoms with van der Waals surface area (Å²) in [6, 6.07) is 6.73. The molecule has 0 bridgehead atoms. The Morgan fingerprint density at radius 3 is 2.46 bits per heavy atom. The average molecular weight is 350 g/mol. The highest BCUT2D eigenvalue weighted by Crippen LogP contribution is 2.38. The van der Waals surface area contributed by atoms with Crippen molar-refractivity contribution in [2.45, 2.75) is 11.8 Å². The second-order valence-corrected chi connectivity index (χ2v) is 6.69. The fraction of sp³-hybridized carbons (Fsp3) is 0.0625. The number of hydrogen-bond donors (Lipinski definition) is 2. The fourth-order valence-electron chi connectivity index (χ4n) is 2.60. The van der Waals surface area contributed by atoms with Crippen molar-refractivity contribution in [3.63, 3.8) is 0 Å². The molecular weight excluding hydrogens is 338 g/mol. The van der Waals surface area contributed by atoms with Crippen LogP contribution in [0.25, 0.3) is 5.57 Å². The van der Waals surface area contributed by atoms with Crippen LogP contribution in [-0.2, 0) is 10.0 Å². The molecule has 0 saturated heterocycles. The molecule has 3 rings (SSSR count). The maximum atomic E-state index is 14.5. The Bertz CT molecular complexity index is 985. The van der Waals surface area contributed by atoms with Gasteiger partial charge in [-0.05, 0) is 30.7 Å². The largest absolute Gasteiger partial charge is 0.333 e. The number of carbonyl (C=O) groups excluding carboxylic acids is 1. The fourth-order valence-corrected chi connectivity index (χ4v) is 3.67. The first-order valence-electron chi connectivity index (χ1n) is 6.93. The lowest BCUT2D eigenvalue weighted by molar-refractivity contribution is 0.256. The molecule has 8 heteroatoms. The Morgan fingerprint density at radius 1 is 1.08 bits per heavy atom. The van der Waals surface area contributed by atoms with E-state index in [1.807, 2.05) is 0 Å². The van der Waals surface area contributed by atoms with Crippen LogP contribution in [0, 0.1) is 11.6 Å². The Balaban J connectivity index is 2.33. The number of amides is 2. The molecule has 1 heterocycles. The molecule has 0 aromatic heterocycles. The molecule has 0 unspecified atom stereocenters. The third kappa shape index (κ3) is 2.54. The maximum Gasteiger partial charge on any atom is 0.333 e. The highest BCUT2D eigenvalue weighted by molar-refractivity contribution is 7.90. The van der Waals surface area contributed by atoms with E-state index in [0.29, 0.717) is 0 Å². The number of fused-ring (bicyclic) bond motifs is 1. The summed E-state index contributed by atoms with van der Waals surface area (Å²) in [5.41, 5.74) is -0.161. The van der Waals surface area contributed by atoms with E-state index in [-0.39, 0.29) is 27.3 Å². The first-order chi connectivity index (χ1) is 11.3. The monoisotopic (exact) mass is 350 g/mol. The van der Waals surface area contributed by atoms with Crippen LogP contribution in [-0.4, -0.2) is 14.4 Å². The number of anilines is 1. The standard InChI is InChI=1S/C16H12F2N2O3S/c1-2-9(10-5-3-4-6-11(10)17)14-12(18)7-8-13-15(14)19-16(21)20-24(13,22)23/h2-8H,1H3,(H2,19,20,21)/b9-2-. The topological polar surface area (TPSA) is 75.3 Å². The smallest absolute Gasteiger partial charge is 0.305 e. The lowest BCUT2D eigenvalue weighted by Crippen LogP contribution is -2.39. The van der Waals surface area contributed by atoms with Crippen LogP contribution in [0.1, 0.15) is 18.1 Å². The van der Waals surface area contributed by atoms with Gasteiger partial charge in [-0.25, -0.2) is 26.7 Å². The van der Waals surface area contributed by atoms with Gasteiger partial charge in [0.05, 0.1) is 5.69 Å². The highest BCUT2D eigenvalue weighted by Gasteiger charge is 2.32. The number of benzene rings is 2. The molecule has 0 saturated carbocycles. The van der Waals surface area contributed by atoms with E-state index >= 15 is 0 Å². The molecule has 0 aliphatic carbocycles. The number of urea groups is 1. The van der Waals surface area contributed by atoms with Gasteiger partial charge in [-0.3, -0.25) is 0 Å². The van der Waals surface area contributed by atoms with Crippen molar-refractivity contribution in [3.8, 4) is 0 Å². The van der Waals surface area contributed by atoms with Gasteiger partial charge in [0, 0.05) is 11.1 Å². The minimum Gasteiger partial charge on any atom is -0.305 e. The second-order valence-electron chi connectivity index (χ2n) is 5.04. The van der Waals surface area contributed by atoms with Crippen molar-refractivity contribution in [1.29, 1.82) is 0 Å². The number of carbonyl (C=O) groups is 1. The Morgan fingerprint density at radius 2 is 1.79 bits per heavy atom. The van der Waals surface area contributed by atoms with E-state index in [1.54, 1.807) is 17.7 Å². The zero-order valence-corrected chi connectivity index (χ0v) is 13.2. The molecule has 2 N–H and O–H groups in total. The third-order valence-electron chi connectivity index (χ3n) is 3.59. The van der Waals surface area contributed by atoms with Crippen molar-refractivity contribution in [1.82, 2.24) is 4.72 Å². The summed E-state index contributed by atoms with van der Waals surface area (Å²) in [6.07, 6.45) is 1.46. The summed E-state index contributed by atoms with van der Waals surface area (Å²) in [5, 5.41) is 2.30. The van der Waals surface area contributed by atoms with Crippen LogP contribution in [0.4, 0.5) is 19.3 Å². The Hall–Kier alpha value is -2.74. The lowest BCUT2D eigenvalue weighted by Gasteiger charge is -2.23. The maximum absolute atomic E-state index is 14.5. The number of sulfonamides is 1. The highest BCUT2D eigenvalue weighted by atomic mass is 32.2. The molecule has 2 aromatic carbocycles. The number of halogens is 2. The first-order valence-corrected chi connectivity index (χ1v) is 8.41. The van der Waals surface area contributed by atoms with E-state index < -0.39 is 27.7 Å². The normalized spacial score (nSPS) is 16.1. The van der Waals surface area contributed by atoms with Gasteiger partial charge in [0.1, 0.15) is 16.5 Å². The molecule has 124 valence electrons. The molecule has 1 aliphatic rings. The average Bonchev–Trinajstić information content (AvgIpc) is 2.50. The van der Waals surface area contributed by atoms with Crippen molar-refractivity contribution >= 4 is 27.3 Å². The quantitative estimate of drug-likeness (QED) is 0.873. The number of hydrogen-bond acceptors (Lipinski definition) is 3. The second kappa shape index (κ2) is 5.72. The zero-order chi connectivity index (χ0) is 17.5. The molecule has 0 atom stereocenters. The predicted molar refractivity (Wildman–Crippen MR) is 84.9 cm³/mol. The zero-order valence-electron chi connectivity index (χ0n) is 12.4. The van der Waals surface area contributed by atoms with Gasteiger partial charge < -0.3 is 5.32 Å². The predicted octanol–water partition coefficient (Wildman–Crippen LogP) is 3.24. The van der Waals surface area contributed by atoms with Gasteiger partial charge in [0.2, 0.25) is 0 Å². The molecule has 5 nitrogen and oxygen atoms in total. The molecule has 2 aromatic rings. The summed E-state index contributed by atoms with van der Waals surface area (Å²) in [5.74, 6) is -1.37. The van der Waals surface area contributed by atoms with E-state index in [1.165, 1.54) is 24.3 Å². The first kappa shape index (κ1) is 16.1. The number of rotatable bonds is 2. The van der Waals surface area contributed by atoms with Crippen molar-refractivity contribution in [2.75, 3.05) is 5.32 Å². The van der Waals surface area contributed by atoms with Gasteiger partial charge in [-0.15, -0.1) is 0 Å². The Labute approximate surface area is 137 Å². The van der Waals surface area contributed by atoms with Gasteiger partial charge in [-0.1, -0.05) is 24.3 Å². The van der Waals surface area contributed by atoms with E-state index in [9.17, 15) is 22.0 Å². The van der Waals surface area contributed by atoms with Gasteiger partial charge in [0.25, 0.3) is 10.0 Å². The molecule has 24 heavy (non-hydrogen) atoms. The van der Waals surface area contributed by atoms with Crippen LogP contribution < -0.4 is 10.0 Å². The van der Waals surface area contributed by atoms with Gasteiger partial charge >= 0.3 is 6.03 Å². The van der Waals surface area contributed by atoms with E-state index in [4.69, 9.17) is 0 Å². The van der Waals surface area contributed by atoms with Crippen LogP contribution in [0.3, 0.4) is 0 Å². The summed E-state index contributed by atoms with van der Waals surface area (Å²) < 4.78 is 54.5. The molecule has 0 radical (unpaired) electrons.